The monoisotopic (exact) mass is 215 g/mol. The Morgan fingerprint density at radius 2 is 1.40 bits per heavy atom. The van der Waals surface area contributed by atoms with Crippen LogP contribution in [0.4, 0.5) is 0 Å². The summed E-state index contributed by atoms with van der Waals surface area (Å²) in [6, 6.07) is 0. The van der Waals surface area contributed by atoms with Gasteiger partial charge in [-0.3, -0.25) is 0 Å². The van der Waals surface area contributed by atoms with Crippen LogP contribution in [0.15, 0.2) is 0 Å². The standard InChI is InChI=1S/C12H29N3/c1-12(2)6-3-8-14-10-5-11-15-9-4-7-13/h12,14-15H,3-11,13H2,1-2H3. The molecule has 0 amide bonds. The Kier molecular flexibility index (Phi) is 11.9. The van der Waals surface area contributed by atoms with E-state index in [2.05, 4.69) is 24.5 Å². The third kappa shape index (κ3) is 13.9. The van der Waals surface area contributed by atoms with Gasteiger partial charge in [-0.05, 0) is 64.3 Å². The first-order valence-corrected chi connectivity index (χ1v) is 6.39. The molecule has 4 N–H and O–H groups in total. The van der Waals surface area contributed by atoms with E-state index < -0.39 is 0 Å². The Labute approximate surface area is 95.2 Å². The molecule has 0 bridgehead atoms. The van der Waals surface area contributed by atoms with Crippen LogP contribution in [0.3, 0.4) is 0 Å². The molecule has 0 saturated carbocycles. The van der Waals surface area contributed by atoms with Crippen LogP contribution in [0, 0.1) is 5.92 Å². The van der Waals surface area contributed by atoms with Crippen LogP contribution in [0.5, 0.6) is 0 Å². The van der Waals surface area contributed by atoms with E-state index in [1.54, 1.807) is 0 Å². The minimum Gasteiger partial charge on any atom is -0.330 e. The van der Waals surface area contributed by atoms with Crippen molar-refractivity contribution in [3.05, 3.63) is 0 Å². The summed E-state index contributed by atoms with van der Waals surface area (Å²) >= 11 is 0. The molecule has 0 rings (SSSR count). The maximum atomic E-state index is 5.40. The molecule has 0 spiro atoms. The fourth-order valence-corrected chi connectivity index (χ4v) is 1.45. The van der Waals surface area contributed by atoms with Crippen molar-refractivity contribution >= 4 is 0 Å². The molecule has 0 fully saturated rings. The molecule has 0 atom stereocenters. The van der Waals surface area contributed by atoms with E-state index in [0.29, 0.717) is 0 Å². The normalized spacial score (nSPS) is 11.2. The average molecular weight is 215 g/mol. The maximum Gasteiger partial charge on any atom is -0.00368 e. The van der Waals surface area contributed by atoms with Crippen molar-refractivity contribution in [2.24, 2.45) is 11.7 Å². The van der Waals surface area contributed by atoms with Crippen LogP contribution < -0.4 is 16.4 Å². The molecule has 0 aliphatic carbocycles. The quantitative estimate of drug-likeness (QED) is 0.456. The minimum absolute atomic E-state index is 0.792. The van der Waals surface area contributed by atoms with Crippen LogP contribution in [0.25, 0.3) is 0 Å². The molecular formula is C12H29N3. The van der Waals surface area contributed by atoms with E-state index >= 15 is 0 Å². The van der Waals surface area contributed by atoms with Gasteiger partial charge in [0.25, 0.3) is 0 Å². The highest BCUT2D eigenvalue weighted by Gasteiger charge is 1.93. The lowest BCUT2D eigenvalue weighted by Gasteiger charge is -2.07. The molecule has 0 aliphatic rings. The molecule has 0 aliphatic heterocycles. The van der Waals surface area contributed by atoms with E-state index in [9.17, 15) is 0 Å². The summed E-state index contributed by atoms with van der Waals surface area (Å²) in [7, 11) is 0. The van der Waals surface area contributed by atoms with Crippen molar-refractivity contribution in [3.63, 3.8) is 0 Å². The van der Waals surface area contributed by atoms with E-state index in [-0.39, 0.29) is 0 Å². The highest BCUT2D eigenvalue weighted by atomic mass is 14.9. The molecule has 3 heteroatoms. The second kappa shape index (κ2) is 12.0. The van der Waals surface area contributed by atoms with Gasteiger partial charge in [0.2, 0.25) is 0 Å². The molecule has 0 saturated heterocycles. The SMILES string of the molecule is CC(C)CCCNCCCNCCCN. The second-order valence-electron chi connectivity index (χ2n) is 4.53. The zero-order valence-electron chi connectivity index (χ0n) is 10.5. The molecule has 0 aromatic heterocycles. The number of hydrogen-bond donors (Lipinski definition) is 3. The van der Waals surface area contributed by atoms with E-state index in [0.717, 1.165) is 38.5 Å². The summed E-state index contributed by atoms with van der Waals surface area (Å²) < 4.78 is 0. The second-order valence-corrected chi connectivity index (χ2v) is 4.53. The summed E-state index contributed by atoms with van der Waals surface area (Å²) in [5.41, 5.74) is 5.40. The van der Waals surface area contributed by atoms with Crippen molar-refractivity contribution in [2.45, 2.75) is 39.5 Å². The van der Waals surface area contributed by atoms with Gasteiger partial charge in [0.1, 0.15) is 0 Å². The Balaban J connectivity index is 2.87. The van der Waals surface area contributed by atoms with Crippen molar-refractivity contribution in [2.75, 3.05) is 32.7 Å². The third-order valence-electron chi connectivity index (χ3n) is 2.40. The molecule has 0 aromatic carbocycles. The summed E-state index contributed by atoms with van der Waals surface area (Å²) in [6.07, 6.45) is 4.94. The predicted molar refractivity (Wildman–Crippen MR) is 68.1 cm³/mol. The van der Waals surface area contributed by atoms with Crippen LogP contribution in [0.2, 0.25) is 0 Å². The summed E-state index contributed by atoms with van der Waals surface area (Å²) in [5.74, 6) is 0.838. The van der Waals surface area contributed by atoms with Crippen LogP contribution in [-0.2, 0) is 0 Å². The highest BCUT2D eigenvalue weighted by Crippen LogP contribution is 2.01. The van der Waals surface area contributed by atoms with Gasteiger partial charge in [0.05, 0.1) is 0 Å². The summed E-state index contributed by atoms with van der Waals surface area (Å²) in [4.78, 5) is 0. The number of nitrogens with one attached hydrogen (secondary N) is 2. The minimum atomic E-state index is 0.792. The lowest BCUT2D eigenvalue weighted by atomic mass is 10.1. The zero-order chi connectivity index (χ0) is 11.4. The van der Waals surface area contributed by atoms with E-state index in [4.69, 9.17) is 5.73 Å². The van der Waals surface area contributed by atoms with Crippen LogP contribution in [0.1, 0.15) is 39.5 Å². The predicted octanol–water partition coefficient (Wildman–Crippen LogP) is 1.34. The first kappa shape index (κ1) is 14.9. The third-order valence-corrected chi connectivity index (χ3v) is 2.40. The molecule has 15 heavy (non-hydrogen) atoms. The fraction of sp³-hybridized carbons (Fsp3) is 1.00. The number of rotatable bonds is 11. The van der Waals surface area contributed by atoms with Gasteiger partial charge in [0.15, 0.2) is 0 Å². The van der Waals surface area contributed by atoms with E-state index in [1.807, 2.05) is 0 Å². The molecule has 3 nitrogen and oxygen atoms in total. The molecule has 0 aromatic rings. The van der Waals surface area contributed by atoms with Gasteiger partial charge < -0.3 is 16.4 Å². The molecule has 92 valence electrons. The summed E-state index contributed by atoms with van der Waals surface area (Å²) in [6.45, 7) is 9.82. The topological polar surface area (TPSA) is 50.1 Å². The van der Waals surface area contributed by atoms with Gasteiger partial charge in [0, 0.05) is 0 Å². The Morgan fingerprint density at radius 1 is 0.867 bits per heavy atom. The van der Waals surface area contributed by atoms with Gasteiger partial charge in [-0.2, -0.15) is 0 Å². The van der Waals surface area contributed by atoms with Crippen molar-refractivity contribution in [1.29, 1.82) is 0 Å². The lowest BCUT2D eigenvalue weighted by Crippen LogP contribution is -2.24. The molecular weight excluding hydrogens is 186 g/mol. The largest absolute Gasteiger partial charge is 0.330 e. The number of nitrogens with two attached hydrogens (primary N) is 1. The van der Waals surface area contributed by atoms with Gasteiger partial charge in [-0.25, -0.2) is 0 Å². The fourth-order valence-electron chi connectivity index (χ4n) is 1.45. The van der Waals surface area contributed by atoms with Gasteiger partial charge in [-0.15, -0.1) is 0 Å². The van der Waals surface area contributed by atoms with Crippen molar-refractivity contribution < 1.29 is 0 Å². The summed E-state index contributed by atoms with van der Waals surface area (Å²) in [5, 5.41) is 6.84. The van der Waals surface area contributed by atoms with Crippen molar-refractivity contribution in [3.8, 4) is 0 Å². The molecule has 0 heterocycles. The Bertz CT molecular complexity index is 115. The average Bonchev–Trinajstić information content (AvgIpc) is 2.20. The smallest absolute Gasteiger partial charge is 0.00368 e. The molecule has 0 radical (unpaired) electrons. The van der Waals surface area contributed by atoms with Crippen LogP contribution >= 0.6 is 0 Å². The first-order chi connectivity index (χ1) is 7.27. The van der Waals surface area contributed by atoms with Gasteiger partial charge >= 0.3 is 0 Å². The van der Waals surface area contributed by atoms with Crippen LogP contribution in [-0.4, -0.2) is 32.7 Å². The number of hydrogen-bond acceptors (Lipinski definition) is 3. The first-order valence-electron chi connectivity index (χ1n) is 6.39. The zero-order valence-corrected chi connectivity index (χ0v) is 10.5. The van der Waals surface area contributed by atoms with Gasteiger partial charge in [-0.1, -0.05) is 13.8 Å². The highest BCUT2D eigenvalue weighted by molar-refractivity contribution is 4.54. The lowest BCUT2D eigenvalue weighted by molar-refractivity contribution is 0.518. The maximum absolute atomic E-state index is 5.40. The Morgan fingerprint density at radius 3 is 1.93 bits per heavy atom. The van der Waals surface area contributed by atoms with Crippen molar-refractivity contribution in [1.82, 2.24) is 10.6 Å². The van der Waals surface area contributed by atoms with E-state index in [1.165, 1.54) is 25.8 Å². The molecule has 0 unspecified atom stereocenters. The Hall–Kier alpha value is -0.120.